The van der Waals surface area contributed by atoms with E-state index in [4.69, 9.17) is 40.3 Å². The molecule has 12 heteroatoms. The molecule has 506 valence electrons. The van der Waals surface area contributed by atoms with Gasteiger partial charge in [-0.3, -0.25) is 0 Å². The number of benzene rings is 12. The Morgan fingerprint density at radius 3 is 1.07 bits per heavy atom. The summed E-state index contributed by atoms with van der Waals surface area (Å²) in [5.41, 5.74) is 24.9. The first-order valence-corrected chi connectivity index (χ1v) is 36.4. The summed E-state index contributed by atoms with van der Waals surface area (Å²) in [6.45, 7) is 0. The molecule has 8 aromatic heterocycles. The number of rotatable bonds is 13. The van der Waals surface area contributed by atoms with Crippen LogP contribution < -0.4 is 0 Å². The number of hydrogen-bond acceptors (Lipinski definition) is 8. The largest absolute Gasteiger partial charge is 0.220 e. The first kappa shape index (κ1) is 62.0. The first-order valence-electron chi connectivity index (χ1n) is 36.4. The van der Waals surface area contributed by atoms with E-state index in [0.717, 1.165) is 147 Å². The van der Waals surface area contributed by atoms with E-state index in [2.05, 4.69) is 303 Å². The lowest BCUT2D eigenvalue weighted by molar-refractivity contribution is 0.962. The normalized spacial score (nSPS) is 12.4. The first-order chi connectivity index (χ1) is 53.5. The monoisotopic (exact) mass is 1380 g/mol. The number of allylic oxidation sites excluding steroid dienone is 4. The second kappa shape index (κ2) is 25.7. The predicted molar refractivity (Wildman–Crippen MR) is 437 cm³/mol. The van der Waals surface area contributed by atoms with E-state index in [1.165, 1.54) is 32.3 Å². The van der Waals surface area contributed by atoms with Gasteiger partial charge in [0.25, 0.3) is 0 Å². The minimum Gasteiger partial charge on any atom is -0.220 e. The molecular weight excluding hydrogens is 1320 g/mol. The molecule has 0 unspecified atom stereocenters. The van der Waals surface area contributed by atoms with Crippen LogP contribution in [0.1, 0.15) is 18.4 Å². The summed E-state index contributed by atoms with van der Waals surface area (Å²) in [7, 11) is 0. The molecule has 20 aromatic rings. The minimum atomic E-state index is 0.559. The molecule has 0 bridgehead atoms. The van der Waals surface area contributed by atoms with Crippen LogP contribution in [0, 0.1) is 0 Å². The third-order valence-electron chi connectivity index (χ3n) is 21.0. The van der Waals surface area contributed by atoms with E-state index in [1.54, 1.807) is 0 Å². The Balaban J connectivity index is 0.693. The molecule has 0 amide bonds. The van der Waals surface area contributed by atoms with Crippen molar-refractivity contribution in [3.8, 4) is 135 Å². The Morgan fingerprint density at radius 1 is 0.213 bits per heavy atom. The number of hydrogen-bond donors (Lipinski definition) is 0. The highest BCUT2D eigenvalue weighted by Crippen LogP contribution is 2.44. The fourth-order valence-corrected chi connectivity index (χ4v) is 15.8. The zero-order valence-electron chi connectivity index (χ0n) is 58.3. The molecule has 0 atom stereocenters. The van der Waals surface area contributed by atoms with Crippen LogP contribution in [0.25, 0.3) is 195 Å². The van der Waals surface area contributed by atoms with Crippen molar-refractivity contribution in [3.05, 3.63) is 358 Å². The number of aromatic nitrogens is 12. The Morgan fingerprint density at radius 2 is 0.574 bits per heavy atom. The van der Waals surface area contributed by atoms with Crippen molar-refractivity contribution in [1.29, 1.82) is 0 Å². The van der Waals surface area contributed by atoms with E-state index >= 15 is 0 Å². The smallest absolute Gasteiger partial charge is 0.182 e. The molecule has 21 rings (SSSR count). The lowest BCUT2D eigenvalue weighted by Gasteiger charge is -2.13. The molecular formula is C96H62N12. The lowest BCUT2D eigenvalue weighted by atomic mass is 9.91. The van der Waals surface area contributed by atoms with E-state index in [1.807, 2.05) is 67.1 Å². The van der Waals surface area contributed by atoms with Crippen LogP contribution in [0.4, 0.5) is 0 Å². The lowest BCUT2D eigenvalue weighted by Crippen LogP contribution is -1.95. The quantitative estimate of drug-likeness (QED) is 0.105. The van der Waals surface area contributed by atoms with Crippen LogP contribution in [0.15, 0.2) is 352 Å². The highest BCUT2D eigenvalue weighted by molar-refractivity contribution is 6.26. The predicted octanol–water partition coefficient (Wildman–Crippen LogP) is 23.1. The molecule has 12 nitrogen and oxygen atoms in total. The standard InChI is InChI=1S/C96H62N12/c1-6-24-61(25-7-1)69-51-70(62-26-8-2-9-27-62)53-72(52-69)73-56-76(91-98-94-80(41-22-47-106(94)102-91)64-30-12-4-13-31-64)59-77(57-73)92-100-96-88(65-32-14-5-15-33-65)78(45-49-108(96)104-92)67-34-20-35-68(50-67)81-42-23-48-107-95(81)99-90(103-107)75-55-71(54-74(58-75)89-97-93-79(40-21-46-105(93)101-89)63-28-10-3-11-29-63)66-43-44-86-84-38-17-16-36-82(84)83-37-18-19-39-85(83)87(86)60-66/h1-3,5-12,14-60H,4,13H2. The van der Waals surface area contributed by atoms with Gasteiger partial charge >= 0.3 is 0 Å². The summed E-state index contributed by atoms with van der Waals surface area (Å²) in [6, 6.07) is 110. The number of pyridine rings is 4. The molecule has 0 spiro atoms. The average molecular weight is 1380 g/mol. The summed E-state index contributed by atoms with van der Waals surface area (Å²) in [5, 5.41) is 28.3. The maximum atomic E-state index is 5.59. The van der Waals surface area contributed by atoms with Crippen LogP contribution in [0.2, 0.25) is 0 Å². The van der Waals surface area contributed by atoms with Gasteiger partial charge in [-0.15, -0.1) is 20.4 Å². The van der Waals surface area contributed by atoms with Gasteiger partial charge in [-0.05, 0) is 232 Å². The van der Waals surface area contributed by atoms with Gasteiger partial charge in [0, 0.05) is 69.3 Å². The van der Waals surface area contributed by atoms with Crippen LogP contribution in [-0.4, -0.2) is 58.4 Å². The van der Waals surface area contributed by atoms with Gasteiger partial charge in [0.1, 0.15) is 0 Å². The Labute approximate surface area is 620 Å². The highest BCUT2D eigenvalue weighted by Gasteiger charge is 2.24. The van der Waals surface area contributed by atoms with Crippen molar-refractivity contribution in [2.24, 2.45) is 0 Å². The molecule has 8 heterocycles. The number of fused-ring (bicyclic) bond motifs is 10. The van der Waals surface area contributed by atoms with Gasteiger partial charge in [0.05, 0.1) is 0 Å². The molecule has 108 heavy (non-hydrogen) atoms. The fraction of sp³-hybridized carbons (Fsp3) is 0.0208. The summed E-state index contributed by atoms with van der Waals surface area (Å²) < 4.78 is 7.58. The van der Waals surface area contributed by atoms with Crippen molar-refractivity contribution in [2.45, 2.75) is 12.8 Å². The van der Waals surface area contributed by atoms with Crippen LogP contribution in [0.5, 0.6) is 0 Å². The van der Waals surface area contributed by atoms with Crippen molar-refractivity contribution < 1.29 is 0 Å². The minimum absolute atomic E-state index is 0.559. The highest BCUT2D eigenvalue weighted by atomic mass is 15.3. The summed E-state index contributed by atoms with van der Waals surface area (Å²) >= 11 is 0. The molecule has 0 aliphatic heterocycles. The Hall–Kier alpha value is -14.6. The Kier molecular flexibility index (Phi) is 14.7. The SMILES string of the molecule is C1=CC(c2cccn3nc(-c4cc(-c5cc(-c6ccccc6)cc(-c6ccccc6)c5)cc(-c5nc6c(-c7ccccc7)c(-c7cccc(-c8cccn9nc(-c%10cc(-c%11ccc%12c%13ccccc%13c%13ccccc%13c%12c%11)cc(-c%11nc%12c(-c%13ccccc%13)cccn%12n%11)c%10)nc89)c7)ccn6n5)c4)nc23)=CCC1. The maximum Gasteiger partial charge on any atom is 0.182 e. The Bertz CT molecular complexity index is 6950. The van der Waals surface area contributed by atoms with Crippen molar-refractivity contribution in [2.75, 3.05) is 0 Å². The zero-order valence-corrected chi connectivity index (χ0v) is 58.3. The van der Waals surface area contributed by atoms with Gasteiger partial charge in [-0.2, -0.15) is 0 Å². The van der Waals surface area contributed by atoms with Crippen LogP contribution >= 0.6 is 0 Å². The summed E-state index contributed by atoms with van der Waals surface area (Å²) in [4.78, 5) is 21.7. The van der Waals surface area contributed by atoms with Crippen LogP contribution in [0.3, 0.4) is 0 Å². The van der Waals surface area contributed by atoms with Crippen molar-refractivity contribution >= 4 is 60.5 Å². The molecule has 1 aliphatic rings. The van der Waals surface area contributed by atoms with E-state index < -0.39 is 0 Å². The van der Waals surface area contributed by atoms with E-state index in [9.17, 15) is 0 Å². The number of nitrogens with zero attached hydrogens (tertiary/aromatic N) is 12. The molecule has 0 N–H and O–H groups in total. The molecule has 0 radical (unpaired) electrons. The second-order valence-electron chi connectivity index (χ2n) is 27.6. The second-order valence-corrected chi connectivity index (χ2v) is 27.6. The van der Waals surface area contributed by atoms with Gasteiger partial charge in [0.15, 0.2) is 45.9 Å². The van der Waals surface area contributed by atoms with Gasteiger partial charge < -0.3 is 0 Å². The third kappa shape index (κ3) is 10.9. The van der Waals surface area contributed by atoms with Crippen molar-refractivity contribution in [3.63, 3.8) is 0 Å². The topological polar surface area (TPSA) is 121 Å². The molecule has 12 aromatic carbocycles. The fourth-order valence-electron chi connectivity index (χ4n) is 15.8. The molecule has 1 aliphatic carbocycles. The van der Waals surface area contributed by atoms with Crippen LogP contribution in [-0.2, 0) is 0 Å². The molecule has 0 fully saturated rings. The molecule has 0 saturated heterocycles. The maximum absolute atomic E-state index is 5.59. The van der Waals surface area contributed by atoms with Gasteiger partial charge in [0.2, 0.25) is 0 Å². The van der Waals surface area contributed by atoms with E-state index in [-0.39, 0.29) is 0 Å². The summed E-state index contributed by atoms with van der Waals surface area (Å²) in [6.07, 6.45) is 16.7. The van der Waals surface area contributed by atoms with Gasteiger partial charge in [-0.25, -0.2) is 38.0 Å². The van der Waals surface area contributed by atoms with E-state index in [0.29, 0.717) is 34.6 Å². The van der Waals surface area contributed by atoms with Crippen molar-refractivity contribution in [1.82, 2.24) is 58.4 Å². The average Bonchev–Trinajstić information content (AvgIpc) is 0.919. The summed E-state index contributed by atoms with van der Waals surface area (Å²) in [5.74, 6) is 2.31. The zero-order chi connectivity index (χ0) is 71.2. The third-order valence-corrected chi connectivity index (χ3v) is 21.0. The molecule has 0 saturated carbocycles. The van der Waals surface area contributed by atoms with Gasteiger partial charge in [-0.1, -0.05) is 218 Å².